The Kier molecular flexibility index (Phi) is 4.47. The van der Waals surface area contributed by atoms with Crippen molar-refractivity contribution < 1.29 is 8.78 Å². The third-order valence-electron chi connectivity index (χ3n) is 2.88. The Morgan fingerprint density at radius 3 is 1.89 bits per heavy atom. The van der Waals surface area contributed by atoms with Gasteiger partial charge in [0.15, 0.2) is 0 Å². The van der Waals surface area contributed by atoms with Crippen LogP contribution in [0.15, 0.2) is 48.5 Å². The average Bonchev–Trinajstić information content (AvgIpc) is 2.42. The number of rotatable bonds is 5. The molecular formula is C15H16F2N2. The molecule has 0 aliphatic carbocycles. The predicted molar refractivity (Wildman–Crippen MR) is 72.9 cm³/mol. The van der Waals surface area contributed by atoms with Crippen LogP contribution in [-0.2, 0) is 6.54 Å². The molecule has 0 amide bonds. The standard InChI is InChI=1S/C15H16F2N2/c16-13-3-1-12(2-4-13)11-19(10-9-18)15-7-5-14(17)6-8-15/h1-8H,9-11,18H2. The molecule has 0 bridgehead atoms. The molecule has 0 aliphatic rings. The number of nitrogens with zero attached hydrogens (tertiary/aromatic N) is 1. The molecule has 0 fully saturated rings. The van der Waals surface area contributed by atoms with Gasteiger partial charge >= 0.3 is 0 Å². The van der Waals surface area contributed by atoms with E-state index in [2.05, 4.69) is 0 Å². The van der Waals surface area contributed by atoms with E-state index in [0.717, 1.165) is 11.3 Å². The topological polar surface area (TPSA) is 29.3 Å². The Bertz CT molecular complexity index is 509. The summed E-state index contributed by atoms with van der Waals surface area (Å²) in [6.07, 6.45) is 0. The summed E-state index contributed by atoms with van der Waals surface area (Å²) in [7, 11) is 0. The second-order valence-corrected chi connectivity index (χ2v) is 4.31. The molecule has 0 atom stereocenters. The quantitative estimate of drug-likeness (QED) is 0.897. The van der Waals surface area contributed by atoms with Gasteiger partial charge in [0.2, 0.25) is 0 Å². The fourth-order valence-electron chi connectivity index (χ4n) is 1.92. The molecule has 2 N–H and O–H groups in total. The van der Waals surface area contributed by atoms with E-state index in [4.69, 9.17) is 5.73 Å². The predicted octanol–water partition coefficient (Wildman–Crippen LogP) is 2.93. The van der Waals surface area contributed by atoms with Crippen molar-refractivity contribution in [3.8, 4) is 0 Å². The van der Waals surface area contributed by atoms with Crippen LogP contribution in [-0.4, -0.2) is 13.1 Å². The first-order chi connectivity index (χ1) is 9.19. The zero-order valence-corrected chi connectivity index (χ0v) is 10.5. The molecule has 0 aliphatic heterocycles. The van der Waals surface area contributed by atoms with Gasteiger partial charge < -0.3 is 10.6 Å². The summed E-state index contributed by atoms with van der Waals surface area (Å²) in [5.41, 5.74) is 7.48. The molecule has 0 saturated carbocycles. The van der Waals surface area contributed by atoms with Gasteiger partial charge in [-0.25, -0.2) is 8.78 Å². The summed E-state index contributed by atoms with van der Waals surface area (Å²) >= 11 is 0. The summed E-state index contributed by atoms with van der Waals surface area (Å²) in [6, 6.07) is 12.6. The first-order valence-corrected chi connectivity index (χ1v) is 6.14. The number of anilines is 1. The normalized spacial score (nSPS) is 10.5. The molecule has 4 heteroatoms. The number of halogens is 2. The zero-order chi connectivity index (χ0) is 13.7. The Morgan fingerprint density at radius 1 is 0.842 bits per heavy atom. The minimum absolute atomic E-state index is 0.254. The molecule has 0 saturated heterocycles. The molecule has 2 aromatic rings. The molecule has 2 aromatic carbocycles. The largest absolute Gasteiger partial charge is 0.366 e. The van der Waals surface area contributed by atoms with Crippen molar-refractivity contribution in [1.82, 2.24) is 0 Å². The molecule has 0 spiro atoms. The van der Waals surface area contributed by atoms with Gasteiger partial charge in [0, 0.05) is 25.3 Å². The molecule has 0 radical (unpaired) electrons. The van der Waals surface area contributed by atoms with Crippen molar-refractivity contribution in [2.24, 2.45) is 5.73 Å². The smallest absolute Gasteiger partial charge is 0.123 e. The third-order valence-corrected chi connectivity index (χ3v) is 2.88. The first kappa shape index (κ1) is 13.5. The third kappa shape index (κ3) is 3.76. The molecule has 0 unspecified atom stereocenters. The minimum atomic E-state index is -0.266. The number of hydrogen-bond donors (Lipinski definition) is 1. The van der Waals surface area contributed by atoms with Gasteiger partial charge in [0.1, 0.15) is 11.6 Å². The SMILES string of the molecule is NCCN(Cc1ccc(F)cc1)c1ccc(F)cc1. The summed E-state index contributed by atoms with van der Waals surface area (Å²) in [4.78, 5) is 2.03. The van der Waals surface area contributed by atoms with Gasteiger partial charge in [-0.3, -0.25) is 0 Å². The maximum atomic E-state index is 12.9. The summed E-state index contributed by atoms with van der Waals surface area (Å²) < 4.78 is 25.8. The Morgan fingerprint density at radius 2 is 1.37 bits per heavy atom. The summed E-state index contributed by atoms with van der Waals surface area (Å²) in [6.45, 7) is 1.77. The van der Waals surface area contributed by atoms with Gasteiger partial charge in [0.05, 0.1) is 0 Å². The van der Waals surface area contributed by atoms with E-state index >= 15 is 0 Å². The first-order valence-electron chi connectivity index (χ1n) is 6.14. The van der Waals surface area contributed by atoms with E-state index in [0.29, 0.717) is 19.6 Å². The van der Waals surface area contributed by atoms with Crippen molar-refractivity contribution >= 4 is 5.69 Å². The van der Waals surface area contributed by atoms with Crippen molar-refractivity contribution in [2.75, 3.05) is 18.0 Å². The average molecular weight is 262 g/mol. The molecule has 19 heavy (non-hydrogen) atoms. The van der Waals surface area contributed by atoms with E-state index < -0.39 is 0 Å². The molecule has 2 rings (SSSR count). The zero-order valence-electron chi connectivity index (χ0n) is 10.5. The fourth-order valence-corrected chi connectivity index (χ4v) is 1.92. The van der Waals surface area contributed by atoms with Crippen molar-refractivity contribution in [3.05, 3.63) is 65.7 Å². The van der Waals surface area contributed by atoms with Crippen molar-refractivity contribution in [3.63, 3.8) is 0 Å². The molecule has 0 aromatic heterocycles. The molecule has 0 heterocycles. The van der Waals surface area contributed by atoms with E-state index in [1.54, 1.807) is 24.3 Å². The van der Waals surface area contributed by atoms with E-state index in [-0.39, 0.29) is 11.6 Å². The Labute approximate surface area is 111 Å². The highest BCUT2D eigenvalue weighted by molar-refractivity contribution is 5.47. The Hall–Kier alpha value is -1.94. The van der Waals surface area contributed by atoms with Crippen LogP contribution >= 0.6 is 0 Å². The lowest BCUT2D eigenvalue weighted by Gasteiger charge is -2.24. The van der Waals surface area contributed by atoms with Gasteiger partial charge in [-0.15, -0.1) is 0 Å². The van der Waals surface area contributed by atoms with Crippen LogP contribution in [0.2, 0.25) is 0 Å². The lowest BCUT2D eigenvalue weighted by atomic mass is 10.2. The van der Waals surface area contributed by atoms with Crippen molar-refractivity contribution in [1.29, 1.82) is 0 Å². The summed E-state index contributed by atoms with van der Waals surface area (Å²) in [5, 5.41) is 0. The molecule has 100 valence electrons. The minimum Gasteiger partial charge on any atom is -0.366 e. The number of nitrogens with two attached hydrogens (primary N) is 1. The lowest BCUT2D eigenvalue weighted by Crippen LogP contribution is -2.28. The van der Waals surface area contributed by atoms with E-state index in [9.17, 15) is 8.78 Å². The van der Waals surface area contributed by atoms with Crippen LogP contribution in [0.25, 0.3) is 0 Å². The van der Waals surface area contributed by atoms with Gasteiger partial charge in [-0.1, -0.05) is 12.1 Å². The van der Waals surface area contributed by atoms with Crippen LogP contribution in [0.3, 0.4) is 0 Å². The van der Waals surface area contributed by atoms with Crippen molar-refractivity contribution in [2.45, 2.75) is 6.54 Å². The number of hydrogen-bond acceptors (Lipinski definition) is 2. The highest BCUT2D eigenvalue weighted by atomic mass is 19.1. The van der Waals surface area contributed by atoms with Gasteiger partial charge in [-0.05, 0) is 42.0 Å². The Balaban J connectivity index is 2.15. The number of benzene rings is 2. The maximum absolute atomic E-state index is 12.9. The lowest BCUT2D eigenvalue weighted by molar-refractivity contribution is 0.625. The van der Waals surface area contributed by atoms with Crippen LogP contribution in [0.1, 0.15) is 5.56 Å². The molecular weight excluding hydrogens is 246 g/mol. The highest BCUT2D eigenvalue weighted by Crippen LogP contribution is 2.17. The maximum Gasteiger partial charge on any atom is 0.123 e. The van der Waals surface area contributed by atoms with Crippen LogP contribution in [0.4, 0.5) is 14.5 Å². The second kappa shape index (κ2) is 6.29. The second-order valence-electron chi connectivity index (χ2n) is 4.31. The molecule has 2 nitrogen and oxygen atoms in total. The fraction of sp³-hybridized carbons (Fsp3) is 0.200. The highest BCUT2D eigenvalue weighted by Gasteiger charge is 2.07. The van der Waals surface area contributed by atoms with Gasteiger partial charge in [-0.2, -0.15) is 0 Å². The summed E-state index contributed by atoms with van der Waals surface area (Å²) in [5.74, 6) is -0.519. The van der Waals surface area contributed by atoms with Crippen LogP contribution < -0.4 is 10.6 Å². The monoisotopic (exact) mass is 262 g/mol. The van der Waals surface area contributed by atoms with Gasteiger partial charge in [0.25, 0.3) is 0 Å². The van der Waals surface area contributed by atoms with Crippen LogP contribution in [0, 0.1) is 11.6 Å². The van der Waals surface area contributed by atoms with E-state index in [1.807, 2.05) is 4.90 Å². The van der Waals surface area contributed by atoms with E-state index in [1.165, 1.54) is 24.3 Å². The van der Waals surface area contributed by atoms with Crippen LogP contribution in [0.5, 0.6) is 0 Å².